The first kappa shape index (κ1) is 33.4. The van der Waals surface area contributed by atoms with E-state index in [1.165, 1.54) is 60.1 Å². The lowest BCUT2D eigenvalue weighted by Crippen LogP contribution is -2.16. The van der Waals surface area contributed by atoms with Crippen LogP contribution in [-0.2, 0) is 5.41 Å². The molecule has 0 unspecified atom stereocenters. The zero-order valence-electron chi connectivity index (χ0n) is 33.2. The Kier molecular flexibility index (Phi) is 6.78. The monoisotopic (exact) mass is 767 g/mol. The lowest BCUT2D eigenvalue weighted by atomic mass is 9.82. The van der Waals surface area contributed by atoms with Gasteiger partial charge in [-0.2, -0.15) is 0 Å². The molecule has 2 heterocycles. The number of benzene rings is 10. The molecule has 0 bridgehead atoms. The summed E-state index contributed by atoms with van der Waals surface area (Å²) in [6.07, 6.45) is 0. The average molecular weight is 768 g/mol. The zero-order chi connectivity index (χ0) is 39.7. The lowest BCUT2D eigenvalue weighted by molar-refractivity contribution is 0.660. The first-order valence-electron chi connectivity index (χ1n) is 20.7. The van der Waals surface area contributed by atoms with Crippen molar-refractivity contribution in [3.05, 3.63) is 199 Å². The van der Waals surface area contributed by atoms with Crippen molar-refractivity contribution < 1.29 is 8.83 Å². The summed E-state index contributed by atoms with van der Waals surface area (Å²) in [6, 6.07) is 68.1. The number of rotatable bonds is 4. The minimum absolute atomic E-state index is 0.160. The van der Waals surface area contributed by atoms with Crippen molar-refractivity contribution in [3.8, 4) is 22.3 Å². The van der Waals surface area contributed by atoms with Crippen LogP contribution in [0.5, 0.6) is 0 Å². The van der Waals surface area contributed by atoms with Gasteiger partial charge in [0.2, 0.25) is 0 Å². The summed E-state index contributed by atoms with van der Waals surface area (Å²) in [6.45, 7) is 4.68. The van der Waals surface area contributed by atoms with E-state index >= 15 is 0 Å². The Morgan fingerprint density at radius 3 is 1.85 bits per heavy atom. The Labute approximate surface area is 346 Å². The summed E-state index contributed by atoms with van der Waals surface area (Å²) in [7, 11) is 0. The topological polar surface area (TPSA) is 29.5 Å². The average Bonchev–Trinajstić information content (AvgIpc) is 3.93. The van der Waals surface area contributed by atoms with Crippen LogP contribution in [0.1, 0.15) is 25.0 Å². The fraction of sp³-hybridized carbons (Fsp3) is 0.0526. The highest BCUT2D eigenvalue weighted by atomic mass is 16.3. The van der Waals surface area contributed by atoms with Gasteiger partial charge in [0.25, 0.3) is 0 Å². The quantitative estimate of drug-likeness (QED) is 0.167. The van der Waals surface area contributed by atoms with E-state index in [-0.39, 0.29) is 5.41 Å². The number of para-hydroxylation sites is 2. The maximum absolute atomic E-state index is 7.20. The molecular weight excluding hydrogens is 731 g/mol. The molecule has 0 spiro atoms. The summed E-state index contributed by atoms with van der Waals surface area (Å²) in [5, 5.41) is 11.6. The highest BCUT2D eigenvalue weighted by Crippen LogP contribution is 2.52. The molecule has 282 valence electrons. The minimum atomic E-state index is -0.160. The molecule has 1 aliphatic rings. The van der Waals surface area contributed by atoms with E-state index in [1.54, 1.807) is 0 Å². The molecule has 0 saturated carbocycles. The van der Waals surface area contributed by atoms with Crippen molar-refractivity contribution >= 4 is 93.3 Å². The molecule has 3 heteroatoms. The van der Waals surface area contributed by atoms with Gasteiger partial charge in [0.1, 0.15) is 16.7 Å². The third-order valence-electron chi connectivity index (χ3n) is 13.2. The molecule has 0 amide bonds. The molecule has 0 atom stereocenters. The molecule has 12 aromatic rings. The van der Waals surface area contributed by atoms with Gasteiger partial charge in [0.15, 0.2) is 5.58 Å². The second-order valence-electron chi connectivity index (χ2n) is 16.8. The van der Waals surface area contributed by atoms with Crippen molar-refractivity contribution in [2.45, 2.75) is 19.3 Å². The summed E-state index contributed by atoms with van der Waals surface area (Å²) in [5.74, 6) is 0. The van der Waals surface area contributed by atoms with E-state index in [0.29, 0.717) is 0 Å². The van der Waals surface area contributed by atoms with Gasteiger partial charge in [0.05, 0.1) is 11.4 Å². The number of hydrogen-bond donors (Lipinski definition) is 0. The molecule has 0 radical (unpaired) electrons. The maximum Gasteiger partial charge on any atom is 0.159 e. The number of anilines is 3. The van der Waals surface area contributed by atoms with Crippen molar-refractivity contribution in [2.24, 2.45) is 0 Å². The number of hydrogen-bond acceptors (Lipinski definition) is 3. The van der Waals surface area contributed by atoms with E-state index in [1.807, 2.05) is 6.07 Å². The fourth-order valence-electron chi connectivity index (χ4n) is 10.4. The van der Waals surface area contributed by atoms with Crippen LogP contribution in [0, 0.1) is 0 Å². The molecule has 60 heavy (non-hydrogen) atoms. The predicted octanol–water partition coefficient (Wildman–Crippen LogP) is 16.4. The van der Waals surface area contributed by atoms with E-state index in [0.717, 1.165) is 66.5 Å². The van der Waals surface area contributed by atoms with Crippen LogP contribution in [0.15, 0.2) is 197 Å². The number of fused-ring (bicyclic) bond motifs is 13. The van der Waals surface area contributed by atoms with Gasteiger partial charge in [0, 0.05) is 44.3 Å². The number of furan rings is 2. The summed E-state index contributed by atoms with van der Waals surface area (Å²) in [5.41, 5.74) is 13.9. The Bertz CT molecular complexity index is 3770. The molecule has 0 saturated heterocycles. The molecule has 10 aromatic carbocycles. The van der Waals surface area contributed by atoms with Gasteiger partial charge in [-0.15, -0.1) is 0 Å². The van der Waals surface area contributed by atoms with Gasteiger partial charge >= 0.3 is 0 Å². The molecule has 2 aromatic heterocycles. The minimum Gasteiger partial charge on any atom is -0.455 e. The van der Waals surface area contributed by atoms with Gasteiger partial charge in [-0.3, -0.25) is 0 Å². The second kappa shape index (κ2) is 12.2. The van der Waals surface area contributed by atoms with E-state index in [2.05, 4.69) is 201 Å². The highest BCUT2D eigenvalue weighted by molar-refractivity contribution is 6.24. The fourth-order valence-corrected chi connectivity index (χ4v) is 10.4. The Morgan fingerprint density at radius 2 is 0.983 bits per heavy atom. The van der Waals surface area contributed by atoms with E-state index in [4.69, 9.17) is 8.83 Å². The Morgan fingerprint density at radius 1 is 0.367 bits per heavy atom. The van der Waals surface area contributed by atoms with Crippen molar-refractivity contribution in [1.29, 1.82) is 0 Å². The van der Waals surface area contributed by atoms with Gasteiger partial charge in [-0.1, -0.05) is 147 Å². The second-order valence-corrected chi connectivity index (χ2v) is 16.8. The first-order valence-corrected chi connectivity index (χ1v) is 20.7. The molecule has 0 aliphatic heterocycles. The normalized spacial score (nSPS) is 13.3. The van der Waals surface area contributed by atoms with Crippen LogP contribution in [0.25, 0.3) is 98.4 Å². The third-order valence-corrected chi connectivity index (χ3v) is 13.2. The molecule has 1 aliphatic carbocycles. The van der Waals surface area contributed by atoms with E-state index < -0.39 is 0 Å². The molecule has 0 fully saturated rings. The van der Waals surface area contributed by atoms with Crippen molar-refractivity contribution in [3.63, 3.8) is 0 Å². The summed E-state index contributed by atoms with van der Waals surface area (Å²) >= 11 is 0. The van der Waals surface area contributed by atoms with Crippen molar-refractivity contribution in [2.75, 3.05) is 4.90 Å². The lowest BCUT2D eigenvalue weighted by Gasteiger charge is -2.28. The van der Waals surface area contributed by atoms with Crippen LogP contribution in [0.3, 0.4) is 0 Å². The van der Waals surface area contributed by atoms with E-state index in [9.17, 15) is 0 Å². The largest absolute Gasteiger partial charge is 0.455 e. The van der Waals surface area contributed by atoms with Gasteiger partial charge in [-0.05, 0) is 109 Å². The smallest absolute Gasteiger partial charge is 0.159 e. The van der Waals surface area contributed by atoms with Crippen LogP contribution in [0.2, 0.25) is 0 Å². The van der Waals surface area contributed by atoms with Crippen LogP contribution >= 0.6 is 0 Å². The Balaban J connectivity index is 1.08. The van der Waals surface area contributed by atoms with Crippen LogP contribution in [-0.4, -0.2) is 0 Å². The Hall–Kier alpha value is -7.62. The standard InChI is InChI=1S/C57H37NO2/c1-57(2)49-23-11-9-20-42(49)43-28-26-36(32-50(43)57)58(51-24-13-22-46-44-21-10-12-25-52(44)59-55(46)51)37-27-29-45-48-31-35-15-4-6-17-39(35)54(56(48)60-53(45)33-37)47-30-34-14-3-5-16-38(34)40-18-7-8-19-41(40)47/h3-33H,1-2H3. The van der Waals surface area contributed by atoms with Crippen LogP contribution in [0.4, 0.5) is 17.1 Å². The summed E-state index contributed by atoms with van der Waals surface area (Å²) < 4.78 is 13.9. The number of nitrogens with zero attached hydrogens (tertiary/aromatic N) is 1. The van der Waals surface area contributed by atoms with Gasteiger partial charge in [-0.25, -0.2) is 0 Å². The third kappa shape index (κ3) is 4.60. The molecule has 3 nitrogen and oxygen atoms in total. The van der Waals surface area contributed by atoms with Crippen LogP contribution < -0.4 is 4.90 Å². The highest BCUT2D eigenvalue weighted by Gasteiger charge is 2.36. The zero-order valence-corrected chi connectivity index (χ0v) is 33.2. The predicted molar refractivity (Wildman–Crippen MR) is 251 cm³/mol. The maximum atomic E-state index is 7.20. The molecule has 0 N–H and O–H groups in total. The van der Waals surface area contributed by atoms with Crippen molar-refractivity contribution in [1.82, 2.24) is 0 Å². The first-order chi connectivity index (χ1) is 29.5. The molecule has 13 rings (SSSR count). The summed E-state index contributed by atoms with van der Waals surface area (Å²) in [4.78, 5) is 2.35. The van der Waals surface area contributed by atoms with Gasteiger partial charge < -0.3 is 13.7 Å². The SMILES string of the molecule is CC1(C)c2ccccc2-c2ccc(N(c3ccc4c(c3)oc3c(-c5cc6ccccc6c6ccccc56)c5ccccc5cc34)c3cccc4c3oc3ccccc34)cc21. The molecular formula is C57H37NO2.